The molecule has 1 aliphatic carbocycles. The van der Waals surface area contributed by atoms with Gasteiger partial charge in [-0.3, -0.25) is 10.1 Å². The minimum Gasteiger partial charge on any atom is -0.468 e. The van der Waals surface area contributed by atoms with E-state index in [1.54, 1.807) is 0 Å². The van der Waals surface area contributed by atoms with E-state index in [9.17, 15) is 4.79 Å². The van der Waals surface area contributed by atoms with Gasteiger partial charge in [0.25, 0.3) is 0 Å². The van der Waals surface area contributed by atoms with Gasteiger partial charge in [0.05, 0.1) is 13.2 Å². The van der Waals surface area contributed by atoms with Gasteiger partial charge in [0.1, 0.15) is 5.54 Å². The predicted molar refractivity (Wildman–Crippen MR) is 76.1 cm³/mol. The van der Waals surface area contributed by atoms with Crippen LogP contribution in [0.3, 0.4) is 0 Å². The lowest BCUT2D eigenvalue weighted by molar-refractivity contribution is -0.148. The first-order valence-electron chi connectivity index (χ1n) is 7.49. The molecule has 1 saturated carbocycles. The second-order valence-electron chi connectivity index (χ2n) is 5.82. The Morgan fingerprint density at radius 2 is 2.16 bits per heavy atom. The monoisotopic (exact) mass is 271 g/mol. The van der Waals surface area contributed by atoms with E-state index in [0.29, 0.717) is 18.8 Å². The minimum atomic E-state index is -0.562. The van der Waals surface area contributed by atoms with Crippen molar-refractivity contribution in [3.05, 3.63) is 0 Å². The fourth-order valence-electron chi connectivity index (χ4n) is 2.34. The van der Waals surface area contributed by atoms with Crippen molar-refractivity contribution >= 4 is 5.97 Å². The number of carbonyl (C=O) groups excluding carboxylic acids is 1. The van der Waals surface area contributed by atoms with Crippen molar-refractivity contribution in [2.75, 3.05) is 13.7 Å². The van der Waals surface area contributed by atoms with Crippen LogP contribution in [-0.4, -0.2) is 37.4 Å². The first-order valence-corrected chi connectivity index (χ1v) is 7.49. The molecule has 0 aromatic carbocycles. The largest absolute Gasteiger partial charge is 0.468 e. The summed E-state index contributed by atoms with van der Waals surface area (Å²) in [6, 6.07) is 0.490. The molecule has 0 spiro atoms. The van der Waals surface area contributed by atoms with Gasteiger partial charge >= 0.3 is 5.97 Å². The van der Waals surface area contributed by atoms with E-state index in [-0.39, 0.29) is 5.97 Å². The lowest BCUT2D eigenvalue weighted by Gasteiger charge is -2.28. The van der Waals surface area contributed by atoms with Gasteiger partial charge in [0, 0.05) is 12.6 Å². The highest BCUT2D eigenvalue weighted by Crippen LogP contribution is 2.25. The third-order valence-corrected chi connectivity index (χ3v) is 3.65. The molecule has 1 aliphatic rings. The molecule has 0 aromatic rings. The van der Waals surface area contributed by atoms with E-state index < -0.39 is 5.54 Å². The number of nitrogens with one attached hydrogen (secondary N) is 1. The molecule has 0 amide bonds. The van der Waals surface area contributed by atoms with Crippen LogP contribution in [0.1, 0.15) is 59.3 Å². The zero-order valence-corrected chi connectivity index (χ0v) is 12.8. The molecule has 1 fully saturated rings. The highest BCUT2D eigenvalue weighted by Gasteiger charge is 2.38. The van der Waals surface area contributed by atoms with Gasteiger partial charge in [0.15, 0.2) is 0 Å². The topological polar surface area (TPSA) is 47.6 Å². The summed E-state index contributed by atoms with van der Waals surface area (Å²) < 4.78 is 10.7. The van der Waals surface area contributed by atoms with E-state index in [2.05, 4.69) is 19.2 Å². The molecule has 0 aliphatic heterocycles. The van der Waals surface area contributed by atoms with E-state index in [4.69, 9.17) is 9.47 Å². The van der Waals surface area contributed by atoms with Crippen molar-refractivity contribution in [2.24, 2.45) is 0 Å². The van der Waals surface area contributed by atoms with Gasteiger partial charge < -0.3 is 9.47 Å². The molecule has 0 heterocycles. The summed E-state index contributed by atoms with van der Waals surface area (Å²) in [5.41, 5.74) is -0.562. The first-order chi connectivity index (χ1) is 9.01. The third-order valence-electron chi connectivity index (χ3n) is 3.65. The van der Waals surface area contributed by atoms with Crippen LogP contribution >= 0.6 is 0 Å². The van der Waals surface area contributed by atoms with Crippen LogP contribution in [0.4, 0.5) is 0 Å². The van der Waals surface area contributed by atoms with Crippen molar-refractivity contribution in [1.82, 2.24) is 5.32 Å². The molecule has 2 unspecified atom stereocenters. The summed E-state index contributed by atoms with van der Waals surface area (Å²) in [4.78, 5) is 11.9. The summed E-state index contributed by atoms with van der Waals surface area (Å²) in [6.45, 7) is 6.91. The van der Waals surface area contributed by atoms with E-state index in [1.165, 1.54) is 7.11 Å². The minimum absolute atomic E-state index is 0.166. The van der Waals surface area contributed by atoms with Crippen molar-refractivity contribution in [3.8, 4) is 0 Å². The average molecular weight is 271 g/mol. The molecular weight excluding hydrogens is 242 g/mol. The summed E-state index contributed by atoms with van der Waals surface area (Å²) >= 11 is 0. The van der Waals surface area contributed by atoms with Crippen LogP contribution in [0.15, 0.2) is 0 Å². The Morgan fingerprint density at radius 3 is 2.68 bits per heavy atom. The van der Waals surface area contributed by atoms with Crippen molar-refractivity contribution < 1.29 is 14.3 Å². The number of ether oxygens (including phenoxy) is 2. The molecule has 2 atom stereocenters. The SMILES string of the molecule is CCCC(C)OCCCC(C)(NC1CC1)C(=O)OC. The molecule has 19 heavy (non-hydrogen) atoms. The van der Waals surface area contributed by atoms with Crippen LogP contribution in [0.5, 0.6) is 0 Å². The van der Waals surface area contributed by atoms with Crippen LogP contribution in [-0.2, 0) is 14.3 Å². The van der Waals surface area contributed by atoms with E-state index >= 15 is 0 Å². The standard InChI is InChI=1S/C15H29NO3/c1-5-7-12(2)19-11-6-10-15(3,14(17)18-4)16-13-8-9-13/h12-13,16H,5-11H2,1-4H3. The van der Waals surface area contributed by atoms with Gasteiger partial charge in [-0.1, -0.05) is 13.3 Å². The zero-order chi connectivity index (χ0) is 14.3. The lowest BCUT2D eigenvalue weighted by Crippen LogP contribution is -2.51. The number of rotatable bonds is 10. The lowest BCUT2D eigenvalue weighted by atomic mass is 9.95. The van der Waals surface area contributed by atoms with Crippen molar-refractivity contribution in [1.29, 1.82) is 0 Å². The van der Waals surface area contributed by atoms with Crippen LogP contribution in [0.25, 0.3) is 0 Å². The summed E-state index contributed by atoms with van der Waals surface area (Å²) in [7, 11) is 1.45. The predicted octanol–water partition coefficient (Wildman–Crippen LogP) is 2.66. The van der Waals surface area contributed by atoms with Crippen molar-refractivity contribution in [3.63, 3.8) is 0 Å². The molecule has 0 aromatic heterocycles. The van der Waals surface area contributed by atoms with Gasteiger partial charge in [0.2, 0.25) is 0 Å². The molecule has 0 saturated heterocycles. The second-order valence-corrected chi connectivity index (χ2v) is 5.82. The third kappa shape index (κ3) is 5.91. The fraction of sp³-hybridized carbons (Fsp3) is 0.933. The van der Waals surface area contributed by atoms with Crippen LogP contribution in [0, 0.1) is 0 Å². The molecule has 0 radical (unpaired) electrons. The zero-order valence-electron chi connectivity index (χ0n) is 12.8. The van der Waals surface area contributed by atoms with Crippen LogP contribution < -0.4 is 5.32 Å². The van der Waals surface area contributed by atoms with E-state index in [0.717, 1.165) is 38.5 Å². The maximum absolute atomic E-state index is 11.9. The van der Waals surface area contributed by atoms with Gasteiger partial charge in [-0.25, -0.2) is 0 Å². The molecule has 0 bridgehead atoms. The Labute approximate surface area is 117 Å². The maximum Gasteiger partial charge on any atom is 0.325 e. The number of esters is 1. The van der Waals surface area contributed by atoms with Gasteiger partial charge in [-0.2, -0.15) is 0 Å². The molecule has 4 heteroatoms. The molecule has 1 rings (SSSR count). The number of hydrogen-bond acceptors (Lipinski definition) is 4. The molecule has 4 nitrogen and oxygen atoms in total. The first kappa shape index (κ1) is 16.4. The Morgan fingerprint density at radius 1 is 1.47 bits per heavy atom. The molecule has 1 N–H and O–H groups in total. The average Bonchev–Trinajstić information content (AvgIpc) is 3.17. The second kappa shape index (κ2) is 7.85. The smallest absolute Gasteiger partial charge is 0.325 e. The maximum atomic E-state index is 11.9. The summed E-state index contributed by atoms with van der Waals surface area (Å²) in [5.74, 6) is -0.166. The normalized spacial score (nSPS) is 19.8. The van der Waals surface area contributed by atoms with Gasteiger partial charge in [-0.15, -0.1) is 0 Å². The van der Waals surface area contributed by atoms with Crippen LogP contribution in [0.2, 0.25) is 0 Å². The Hall–Kier alpha value is -0.610. The van der Waals surface area contributed by atoms with Crippen molar-refractivity contribution in [2.45, 2.75) is 77.0 Å². The quantitative estimate of drug-likeness (QED) is 0.490. The summed E-state index contributed by atoms with van der Waals surface area (Å²) in [5, 5.41) is 3.40. The van der Waals surface area contributed by atoms with Gasteiger partial charge in [-0.05, 0) is 46.0 Å². The summed E-state index contributed by atoms with van der Waals surface area (Å²) in [6.07, 6.45) is 6.51. The molecule has 112 valence electrons. The Bertz CT molecular complexity index is 279. The molecular formula is C15H29NO3. The highest BCUT2D eigenvalue weighted by molar-refractivity contribution is 5.80. The number of carbonyl (C=O) groups is 1. The Kier molecular flexibility index (Phi) is 6.80. The highest BCUT2D eigenvalue weighted by atomic mass is 16.5. The number of methoxy groups -OCH3 is 1. The van der Waals surface area contributed by atoms with E-state index in [1.807, 2.05) is 6.92 Å². The Balaban J connectivity index is 2.30. The fourth-order valence-corrected chi connectivity index (χ4v) is 2.34. The number of hydrogen-bond donors (Lipinski definition) is 1.